The Hall–Kier alpha value is -0.730. The van der Waals surface area contributed by atoms with Gasteiger partial charge in [0.15, 0.2) is 5.25 Å². The van der Waals surface area contributed by atoms with Gasteiger partial charge in [-0.05, 0) is 6.92 Å². The number of carbonyl (C=O) groups is 1. The molecule has 0 aromatic carbocycles. The molecule has 1 unspecified atom stereocenters. The predicted octanol–water partition coefficient (Wildman–Crippen LogP) is -0.904. The zero-order valence-corrected chi connectivity index (χ0v) is 10.4. The first-order chi connectivity index (χ1) is 6.73. The largest absolute Gasteiger partial charge is 0.468 e. The third kappa shape index (κ3) is 3.73. The third-order valence-corrected chi connectivity index (χ3v) is 4.01. The van der Waals surface area contributed by atoms with E-state index in [1.165, 1.54) is 14.0 Å². The quantitative estimate of drug-likeness (QED) is 0.505. The smallest absolute Gasteiger partial charge is 0.325 e. The van der Waals surface area contributed by atoms with Crippen molar-refractivity contribution in [3.05, 3.63) is 0 Å². The number of rotatable bonds is 5. The molecule has 0 spiro atoms. The Labute approximate surface area is 94.4 Å². The van der Waals surface area contributed by atoms with Crippen molar-refractivity contribution in [3.63, 3.8) is 0 Å². The summed E-state index contributed by atoms with van der Waals surface area (Å²) in [6.45, 7) is 1.15. The van der Waals surface area contributed by atoms with Crippen molar-refractivity contribution in [1.82, 2.24) is 4.31 Å². The molecule has 0 heterocycles. The molecule has 1 atom stereocenters. The number of ether oxygens (including phenoxy) is 1. The summed E-state index contributed by atoms with van der Waals surface area (Å²) in [5, 5.41) is -1.26. The van der Waals surface area contributed by atoms with Gasteiger partial charge >= 0.3 is 5.97 Å². The number of carbonyl (C=O) groups excluding carboxylic acids is 1. The number of methoxy groups -OCH3 is 1. The van der Waals surface area contributed by atoms with Crippen molar-refractivity contribution in [2.45, 2.75) is 12.2 Å². The Kier molecular flexibility index (Phi) is 5.12. The summed E-state index contributed by atoms with van der Waals surface area (Å²) in [5.41, 5.74) is 5.21. The molecule has 8 heteroatoms. The molecule has 0 rings (SSSR count). The van der Waals surface area contributed by atoms with Gasteiger partial charge in [-0.3, -0.25) is 4.79 Å². The molecule has 0 radical (unpaired) electrons. The molecule has 0 saturated carbocycles. The van der Waals surface area contributed by atoms with E-state index in [9.17, 15) is 13.2 Å². The second-order valence-corrected chi connectivity index (χ2v) is 5.82. The number of nitrogens with two attached hydrogens (primary N) is 1. The minimum absolute atomic E-state index is 0.0399. The van der Waals surface area contributed by atoms with E-state index in [4.69, 9.17) is 5.73 Å². The molecule has 0 aromatic heterocycles. The molecule has 88 valence electrons. The van der Waals surface area contributed by atoms with E-state index in [2.05, 4.69) is 17.0 Å². The summed E-state index contributed by atoms with van der Waals surface area (Å²) < 4.78 is 28.6. The van der Waals surface area contributed by atoms with Crippen molar-refractivity contribution >= 4 is 33.2 Å². The normalized spacial score (nSPS) is 13.6. The lowest BCUT2D eigenvalue weighted by atomic mass is 10.5. The van der Waals surface area contributed by atoms with Crippen molar-refractivity contribution in [2.24, 2.45) is 5.73 Å². The number of nitrogens with zero attached hydrogens (tertiary/aromatic N) is 1. The van der Waals surface area contributed by atoms with E-state index in [0.29, 0.717) is 0 Å². The van der Waals surface area contributed by atoms with Crippen molar-refractivity contribution < 1.29 is 17.9 Å². The predicted molar refractivity (Wildman–Crippen MR) is 59.8 cm³/mol. The highest BCUT2D eigenvalue weighted by molar-refractivity contribution is 7.90. The zero-order valence-electron chi connectivity index (χ0n) is 8.76. The molecule has 0 aliphatic heterocycles. The van der Waals surface area contributed by atoms with E-state index in [1.54, 1.807) is 0 Å². The Bertz CT molecular complexity index is 352. The Morgan fingerprint density at radius 3 is 2.40 bits per heavy atom. The van der Waals surface area contributed by atoms with Gasteiger partial charge in [-0.15, -0.1) is 0 Å². The summed E-state index contributed by atoms with van der Waals surface area (Å²) in [6, 6.07) is 0. The van der Waals surface area contributed by atoms with Crippen molar-refractivity contribution in [2.75, 3.05) is 20.7 Å². The number of thiocarbonyl (C=S) groups is 1. The summed E-state index contributed by atoms with van der Waals surface area (Å²) in [4.78, 5) is 11.1. The molecule has 0 aliphatic rings. The van der Waals surface area contributed by atoms with Gasteiger partial charge in [0.25, 0.3) is 0 Å². The lowest BCUT2D eigenvalue weighted by Gasteiger charge is -2.19. The number of esters is 1. The average Bonchev–Trinajstić information content (AvgIpc) is 2.14. The van der Waals surface area contributed by atoms with Crippen LogP contribution < -0.4 is 5.73 Å². The van der Waals surface area contributed by atoms with Gasteiger partial charge in [-0.1, -0.05) is 12.2 Å². The van der Waals surface area contributed by atoms with Gasteiger partial charge in [0.2, 0.25) is 10.0 Å². The average molecular weight is 254 g/mol. The van der Waals surface area contributed by atoms with Crippen LogP contribution in [0.5, 0.6) is 0 Å². The van der Waals surface area contributed by atoms with Crippen LogP contribution in [0.3, 0.4) is 0 Å². The molecule has 0 saturated heterocycles. The lowest BCUT2D eigenvalue weighted by Crippen LogP contribution is -2.42. The van der Waals surface area contributed by atoms with Gasteiger partial charge in [0.05, 0.1) is 18.6 Å². The van der Waals surface area contributed by atoms with Crippen molar-refractivity contribution in [1.29, 1.82) is 0 Å². The van der Waals surface area contributed by atoms with E-state index in [-0.39, 0.29) is 11.5 Å². The summed E-state index contributed by atoms with van der Waals surface area (Å²) in [7, 11) is -1.33. The second-order valence-electron chi connectivity index (χ2n) is 2.93. The van der Waals surface area contributed by atoms with Crippen LogP contribution >= 0.6 is 12.2 Å². The molecular weight excluding hydrogens is 240 g/mol. The SMILES string of the molecule is COC(=O)C(C)S(=O)(=O)N(C)CC(N)=S. The van der Waals surface area contributed by atoms with Crippen LogP contribution in [0.1, 0.15) is 6.92 Å². The Balaban J connectivity index is 4.82. The maximum absolute atomic E-state index is 11.7. The van der Waals surface area contributed by atoms with E-state index >= 15 is 0 Å². The van der Waals surface area contributed by atoms with E-state index in [0.717, 1.165) is 11.4 Å². The Morgan fingerprint density at radius 2 is 2.07 bits per heavy atom. The molecule has 2 N–H and O–H groups in total. The fourth-order valence-corrected chi connectivity index (χ4v) is 2.34. The van der Waals surface area contributed by atoms with E-state index < -0.39 is 21.2 Å². The highest BCUT2D eigenvalue weighted by Crippen LogP contribution is 2.07. The zero-order chi connectivity index (χ0) is 12.2. The first-order valence-corrected chi connectivity index (χ1v) is 5.96. The van der Waals surface area contributed by atoms with Gasteiger partial charge in [-0.25, -0.2) is 8.42 Å². The monoisotopic (exact) mass is 254 g/mol. The molecule has 0 fully saturated rings. The van der Waals surface area contributed by atoms with Gasteiger partial charge < -0.3 is 10.5 Å². The maximum atomic E-state index is 11.7. The summed E-state index contributed by atoms with van der Waals surface area (Å²) in [5.74, 6) is -0.815. The standard InChI is InChI=1S/C7H14N2O4S2/c1-5(7(10)13-3)15(11,12)9(2)4-6(8)14/h5H,4H2,1-3H3,(H2,8,14). The third-order valence-electron chi connectivity index (χ3n) is 1.79. The molecule has 15 heavy (non-hydrogen) atoms. The molecule has 0 aliphatic carbocycles. The first kappa shape index (κ1) is 14.3. The van der Waals surface area contributed by atoms with Gasteiger partial charge in [0, 0.05) is 7.05 Å². The molecule has 6 nitrogen and oxygen atoms in total. The minimum atomic E-state index is -3.75. The first-order valence-electron chi connectivity index (χ1n) is 4.04. The minimum Gasteiger partial charge on any atom is -0.468 e. The van der Waals surface area contributed by atoms with Crippen LogP contribution in [0.2, 0.25) is 0 Å². The van der Waals surface area contributed by atoms with Crippen LogP contribution in [0.15, 0.2) is 0 Å². The highest BCUT2D eigenvalue weighted by Gasteiger charge is 2.32. The molecule has 0 amide bonds. The maximum Gasteiger partial charge on any atom is 0.325 e. The van der Waals surface area contributed by atoms with Crippen LogP contribution in [0.4, 0.5) is 0 Å². The van der Waals surface area contributed by atoms with Crippen LogP contribution in [-0.4, -0.2) is 49.6 Å². The Morgan fingerprint density at radius 1 is 1.60 bits per heavy atom. The van der Waals surface area contributed by atoms with Crippen LogP contribution in [-0.2, 0) is 19.6 Å². The number of likely N-dealkylation sites (N-methyl/N-ethyl adjacent to an activating group) is 1. The molecular formula is C7H14N2O4S2. The highest BCUT2D eigenvalue weighted by atomic mass is 32.2. The topological polar surface area (TPSA) is 89.7 Å². The second kappa shape index (κ2) is 5.38. The summed E-state index contributed by atoms with van der Waals surface area (Å²) >= 11 is 4.58. The number of sulfonamides is 1. The lowest BCUT2D eigenvalue weighted by molar-refractivity contribution is -0.139. The van der Waals surface area contributed by atoms with Crippen molar-refractivity contribution in [3.8, 4) is 0 Å². The number of hydrogen-bond donors (Lipinski definition) is 1. The molecule has 0 aromatic rings. The number of hydrogen-bond acceptors (Lipinski definition) is 5. The van der Waals surface area contributed by atoms with E-state index in [1.807, 2.05) is 0 Å². The fraction of sp³-hybridized carbons (Fsp3) is 0.714. The summed E-state index contributed by atoms with van der Waals surface area (Å²) in [6.07, 6.45) is 0. The van der Waals surface area contributed by atoms with Gasteiger partial charge in [-0.2, -0.15) is 4.31 Å². The van der Waals surface area contributed by atoms with Crippen LogP contribution in [0.25, 0.3) is 0 Å². The van der Waals surface area contributed by atoms with Crippen LogP contribution in [0, 0.1) is 0 Å². The fourth-order valence-electron chi connectivity index (χ4n) is 0.867. The van der Waals surface area contributed by atoms with Gasteiger partial charge in [0.1, 0.15) is 0 Å². The molecule has 0 bridgehead atoms.